The number of carbonyl (C=O) groups excluding carboxylic acids is 1. The summed E-state index contributed by atoms with van der Waals surface area (Å²) in [5, 5.41) is -0.324. The summed E-state index contributed by atoms with van der Waals surface area (Å²) in [7, 11) is 0. The molecule has 0 bridgehead atoms. The Morgan fingerprint density at radius 1 is 1.31 bits per heavy atom. The minimum absolute atomic E-state index is 0.123. The molecule has 2 aliphatic rings. The highest BCUT2D eigenvalue weighted by molar-refractivity contribution is 6.30. The molecule has 0 N–H and O–H groups in total. The Kier molecular flexibility index (Phi) is 4.09. The van der Waals surface area contributed by atoms with Crippen molar-refractivity contribution in [2.75, 3.05) is 26.2 Å². The lowest BCUT2D eigenvalue weighted by molar-refractivity contribution is -0.133. The summed E-state index contributed by atoms with van der Waals surface area (Å²) in [4.78, 5) is 16.3. The van der Waals surface area contributed by atoms with Gasteiger partial charge in [0, 0.05) is 32.2 Å². The topological polar surface area (TPSA) is 23.6 Å². The van der Waals surface area contributed by atoms with Gasteiger partial charge in [-0.2, -0.15) is 0 Å². The van der Waals surface area contributed by atoms with E-state index in [1.54, 1.807) is 0 Å². The maximum absolute atomic E-state index is 11.9. The fourth-order valence-electron chi connectivity index (χ4n) is 2.43. The lowest BCUT2D eigenvalue weighted by Gasteiger charge is -2.43. The van der Waals surface area contributed by atoms with Crippen LogP contribution in [0.1, 0.15) is 32.6 Å². The van der Waals surface area contributed by atoms with Crippen LogP contribution in [0.4, 0.5) is 0 Å². The van der Waals surface area contributed by atoms with Gasteiger partial charge in [0.05, 0.1) is 0 Å². The Balaban J connectivity index is 1.77. The zero-order valence-corrected chi connectivity index (χ0v) is 10.7. The predicted octanol–water partition coefficient (Wildman–Crippen LogP) is 1.70. The first-order valence-corrected chi connectivity index (χ1v) is 6.83. The average Bonchev–Trinajstić information content (AvgIpc) is 2.26. The maximum Gasteiger partial charge on any atom is 0.240 e. The van der Waals surface area contributed by atoms with E-state index in [2.05, 4.69) is 4.90 Å². The van der Waals surface area contributed by atoms with Gasteiger partial charge in [-0.15, -0.1) is 11.6 Å². The van der Waals surface area contributed by atoms with Crippen LogP contribution in [0.3, 0.4) is 0 Å². The van der Waals surface area contributed by atoms with Crippen LogP contribution in [0, 0.1) is 0 Å². The zero-order valence-electron chi connectivity index (χ0n) is 9.99. The van der Waals surface area contributed by atoms with Gasteiger partial charge >= 0.3 is 0 Å². The van der Waals surface area contributed by atoms with Crippen LogP contribution >= 0.6 is 11.6 Å². The van der Waals surface area contributed by atoms with E-state index in [0.717, 1.165) is 38.6 Å². The molecule has 2 fully saturated rings. The van der Waals surface area contributed by atoms with Gasteiger partial charge < -0.3 is 4.90 Å². The molecule has 1 aliphatic carbocycles. The van der Waals surface area contributed by atoms with E-state index in [4.69, 9.17) is 11.6 Å². The number of hydrogen-bond acceptors (Lipinski definition) is 2. The number of amides is 1. The first-order valence-electron chi connectivity index (χ1n) is 6.39. The minimum atomic E-state index is -0.324. The van der Waals surface area contributed by atoms with Crippen LogP contribution in [0.15, 0.2) is 0 Å². The highest BCUT2D eigenvalue weighted by Crippen LogP contribution is 2.25. The van der Waals surface area contributed by atoms with Gasteiger partial charge in [0.25, 0.3) is 0 Å². The lowest BCUT2D eigenvalue weighted by Crippen LogP contribution is -2.54. The van der Waals surface area contributed by atoms with Gasteiger partial charge in [0.2, 0.25) is 5.91 Å². The second-order valence-electron chi connectivity index (χ2n) is 4.82. The van der Waals surface area contributed by atoms with Gasteiger partial charge in [0.1, 0.15) is 5.38 Å². The van der Waals surface area contributed by atoms with E-state index in [0.29, 0.717) is 0 Å². The fourth-order valence-corrected chi connectivity index (χ4v) is 2.57. The predicted molar refractivity (Wildman–Crippen MR) is 65.7 cm³/mol. The molecule has 0 unspecified atom stereocenters. The molecule has 1 atom stereocenters. The largest absolute Gasteiger partial charge is 0.339 e. The number of piperazine rings is 1. The number of hydrogen-bond donors (Lipinski definition) is 0. The molecule has 0 radical (unpaired) electrons. The first-order chi connectivity index (χ1) is 7.72. The van der Waals surface area contributed by atoms with Crippen LogP contribution in [0.2, 0.25) is 0 Å². The molecule has 0 aromatic heterocycles. The van der Waals surface area contributed by atoms with Crippen molar-refractivity contribution < 1.29 is 4.79 Å². The van der Waals surface area contributed by atoms with E-state index < -0.39 is 0 Å². The van der Waals surface area contributed by atoms with Crippen molar-refractivity contribution in [2.45, 2.75) is 44.0 Å². The molecule has 92 valence electrons. The Morgan fingerprint density at radius 2 is 1.94 bits per heavy atom. The van der Waals surface area contributed by atoms with Crippen LogP contribution < -0.4 is 0 Å². The van der Waals surface area contributed by atoms with E-state index in [1.165, 1.54) is 19.3 Å². The zero-order chi connectivity index (χ0) is 11.5. The highest BCUT2D eigenvalue weighted by atomic mass is 35.5. The number of alkyl halides is 1. The quantitative estimate of drug-likeness (QED) is 0.706. The van der Waals surface area contributed by atoms with Crippen molar-refractivity contribution >= 4 is 17.5 Å². The summed E-state index contributed by atoms with van der Waals surface area (Å²) in [6, 6.07) is 0.801. The van der Waals surface area contributed by atoms with Crippen LogP contribution in [0.25, 0.3) is 0 Å². The summed E-state index contributed by atoms with van der Waals surface area (Å²) in [5.41, 5.74) is 0. The Labute approximate surface area is 103 Å². The van der Waals surface area contributed by atoms with Crippen molar-refractivity contribution in [1.82, 2.24) is 9.80 Å². The molecule has 0 aromatic rings. The molecule has 0 aromatic carbocycles. The molecule has 4 heteroatoms. The van der Waals surface area contributed by atoms with E-state index >= 15 is 0 Å². The van der Waals surface area contributed by atoms with Crippen molar-refractivity contribution in [3.05, 3.63) is 0 Å². The second-order valence-corrected chi connectivity index (χ2v) is 5.35. The lowest BCUT2D eigenvalue weighted by atomic mass is 9.91. The van der Waals surface area contributed by atoms with E-state index in [1.807, 2.05) is 11.8 Å². The molecule has 1 saturated carbocycles. The summed E-state index contributed by atoms with van der Waals surface area (Å²) >= 11 is 5.98. The summed E-state index contributed by atoms with van der Waals surface area (Å²) < 4.78 is 0. The van der Waals surface area contributed by atoms with Crippen LogP contribution in [-0.4, -0.2) is 53.3 Å². The molecular weight excluding hydrogens is 224 g/mol. The van der Waals surface area contributed by atoms with Crippen LogP contribution in [0.5, 0.6) is 0 Å². The van der Waals surface area contributed by atoms with E-state index in [9.17, 15) is 4.79 Å². The van der Waals surface area contributed by atoms with Gasteiger partial charge in [0.15, 0.2) is 0 Å². The second kappa shape index (κ2) is 5.37. The van der Waals surface area contributed by atoms with Gasteiger partial charge in [-0.05, 0) is 19.3 Å². The van der Waals surface area contributed by atoms with Gasteiger partial charge in [-0.25, -0.2) is 0 Å². The number of carbonyl (C=O) groups is 1. The third-order valence-electron chi connectivity index (χ3n) is 3.84. The molecule has 3 nitrogen and oxygen atoms in total. The molecule has 16 heavy (non-hydrogen) atoms. The SMILES string of the molecule is CC[C@@H](Cl)C(=O)N1CCN(C2CCC2)CC1. The third kappa shape index (κ3) is 2.51. The molecular formula is C12H21ClN2O. The molecule has 0 spiro atoms. The Morgan fingerprint density at radius 3 is 2.38 bits per heavy atom. The normalized spacial score (nSPS) is 25.2. The summed E-state index contributed by atoms with van der Waals surface area (Å²) in [5.74, 6) is 0.123. The fraction of sp³-hybridized carbons (Fsp3) is 0.917. The van der Waals surface area contributed by atoms with Crippen molar-refractivity contribution in [2.24, 2.45) is 0 Å². The molecule has 1 heterocycles. The maximum atomic E-state index is 11.9. The summed E-state index contributed by atoms with van der Waals surface area (Å²) in [6.07, 6.45) is 4.80. The molecule has 1 aliphatic heterocycles. The average molecular weight is 245 g/mol. The smallest absolute Gasteiger partial charge is 0.240 e. The standard InChI is InChI=1S/C12H21ClN2O/c1-2-11(13)12(16)15-8-6-14(7-9-15)10-4-3-5-10/h10-11H,2-9H2,1H3/t11-/m1/s1. The van der Waals surface area contributed by atoms with Crippen molar-refractivity contribution in [1.29, 1.82) is 0 Å². The van der Waals surface area contributed by atoms with Crippen molar-refractivity contribution in [3.8, 4) is 0 Å². The number of rotatable bonds is 3. The minimum Gasteiger partial charge on any atom is -0.339 e. The van der Waals surface area contributed by atoms with Gasteiger partial charge in [-0.1, -0.05) is 13.3 Å². The molecule has 2 rings (SSSR count). The van der Waals surface area contributed by atoms with E-state index in [-0.39, 0.29) is 11.3 Å². The molecule has 1 saturated heterocycles. The van der Waals surface area contributed by atoms with Crippen LogP contribution in [-0.2, 0) is 4.79 Å². The highest BCUT2D eigenvalue weighted by Gasteiger charge is 2.30. The first kappa shape index (κ1) is 12.2. The monoisotopic (exact) mass is 244 g/mol. The van der Waals surface area contributed by atoms with Crippen molar-refractivity contribution in [3.63, 3.8) is 0 Å². The summed E-state index contributed by atoms with van der Waals surface area (Å²) in [6.45, 7) is 5.74. The number of halogens is 1. The van der Waals surface area contributed by atoms with Gasteiger partial charge in [-0.3, -0.25) is 9.69 Å². The third-order valence-corrected chi connectivity index (χ3v) is 4.34. The Bertz CT molecular complexity index is 247. The molecule has 1 amide bonds. The number of nitrogens with zero attached hydrogens (tertiary/aromatic N) is 2. The Hall–Kier alpha value is -0.280.